The summed E-state index contributed by atoms with van der Waals surface area (Å²) >= 11 is 0. The van der Waals surface area contributed by atoms with Crippen LogP contribution in [0, 0.1) is 0 Å². The van der Waals surface area contributed by atoms with Gasteiger partial charge in [-0.2, -0.15) is 0 Å². The summed E-state index contributed by atoms with van der Waals surface area (Å²) < 4.78 is 0. The molecule has 13 heavy (non-hydrogen) atoms. The van der Waals surface area contributed by atoms with Gasteiger partial charge in [0.15, 0.2) is 0 Å². The molecule has 0 amide bonds. The lowest BCUT2D eigenvalue weighted by Gasteiger charge is -1.69. The average Bonchev–Trinajstić information content (AvgIpc) is 2.22. The molecule has 86 valence electrons. The zero-order valence-corrected chi connectivity index (χ0v) is 9.58. The molecule has 0 aromatic heterocycles. The van der Waals surface area contributed by atoms with E-state index in [-0.39, 0.29) is 0 Å². The molecule has 4 nitrogen and oxygen atoms in total. The van der Waals surface area contributed by atoms with Crippen molar-refractivity contribution in [3.63, 3.8) is 0 Å². The minimum Gasteiger partial charge on any atom is -0.396 e. The van der Waals surface area contributed by atoms with Crippen molar-refractivity contribution in [2.75, 3.05) is 26.8 Å². The molecular formula is C9H28N2O2. The van der Waals surface area contributed by atoms with Gasteiger partial charge in [-0.05, 0) is 26.4 Å². The summed E-state index contributed by atoms with van der Waals surface area (Å²) in [4.78, 5) is 0. The van der Waals surface area contributed by atoms with Crippen molar-refractivity contribution in [2.45, 2.75) is 33.6 Å². The second-order valence-electron chi connectivity index (χ2n) is 1.86. The Morgan fingerprint density at radius 3 is 0.923 bits per heavy atom. The largest absolute Gasteiger partial charge is 0.396 e. The lowest BCUT2D eigenvalue weighted by molar-refractivity contribution is 0.294. The average molecular weight is 196 g/mol. The van der Waals surface area contributed by atoms with Gasteiger partial charge in [0.2, 0.25) is 0 Å². The van der Waals surface area contributed by atoms with E-state index in [1.807, 2.05) is 20.8 Å². The van der Waals surface area contributed by atoms with Gasteiger partial charge < -0.3 is 21.7 Å². The summed E-state index contributed by atoms with van der Waals surface area (Å²) in [6, 6.07) is 0. The van der Waals surface area contributed by atoms with Crippen LogP contribution in [0.1, 0.15) is 33.6 Å². The molecule has 0 aliphatic rings. The Labute approximate surface area is 82.9 Å². The minimum absolute atomic E-state index is 0.319. The molecule has 0 fully saturated rings. The normalized spacial score (nSPS) is 6.46. The molecule has 6 N–H and O–H groups in total. The Morgan fingerprint density at radius 1 is 0.846 bits per heavy atom. The molecule has 0 bridgehead atoms. The van der Waals surface area contributed by atoms with Crippen molar-refractivity contribution in [2.24, 2.45) is 11.5 Å². The maximum absolute atomic E-state index is 7.88. The van der Waals surface area contributed by atoms with E-state index in [9.17, 15) is 0 Å². The van der Waals surface area contributed by atoms with Gasteiger partial charge >= 0.3 is 0 Å². The Bertz CT molecular complexity index is 30.8. The van der Waals surface area contributed by atoms with Gasteiger partial charge in [0.25, 0.3) is 0 Å². The minimum atomic E-state index is 0.319. The predicted molar refractivity (Wildman–Crippen MR) is 59.6 cm³/mol. The number of hydrogen-bond acceptors (Lipinski definition) is 4. The first-order valence-corrected chi connectivity index (χ1v) is 4.74. The molecule has 0 radical (unpaired) electrons. The van der Waals surface area contributed by atoms with Crippen LogP contribution in [-0.2, 0) is 0 Å². The Kier molecular flexibility index (Phi) is 105. The molecule has 0 aliphatic carbocycles. The summed E-state index contributed by atoms with van der Waals surface area (Å²) in [5.74, 6) is 0. The fourth-order valence-electron chi connectivity index (χ4n) is 0. The molecule has 0 spiro atoms. The van der Waals surface area contributed by atoms with Crippen molar-refractivity contribution < 1.29 is 10.2 Å². The van der Waals surface area contributed by atoms with Crippen molar-refractivity contribution in [1.82, 2.24) is 0 Å². The van der Waals surface area contributed by atoms with Gasteiger partial charge in [0, 0.05) is 13.2 Å². The molecular weight excluding hydrogens is 168 g/mol. The Morgan fingerprint density at radius 2 is 0.923 bits per heavy atom. The summed E-state index contributed by atoms with van der Waals surface area (Å²) in [6.07, 6.45) is 1.75. The second kappa shape index (κ2) is 59.4. The molecule has 0 aromatic carbocycles. The third-order valence-electron chi connectivity index (χ3n) is 0.447. The van der Waals surface area contributed by atoms with Crippen LogP contribution in [0.4, 0.5) is 0 Å². The van der Waals surface area contributed by atoms with E-state index in [2.05, 4.69) is 5.73 Å². The van der Waals surface area contributed by atoms with Gasteiger partial charge in [-0.25, -0.2) is 0 Å². The fourth-order valence-corrected chi connectivity index (χ4v) is 0. The molecule has 0 aromatic rings. The maximum atomic E-state index is 7.88. The first kappa shape index (κ1) is 23.0. The van der Waals surface area contributed by atoms with Crippen molar-refractivity contribution >= 4 is 0 Å². The summed E-state index contributed by atoms with van der Waals surface area (Å²) in [6.45, 7) is 7.15. The van der Waals surface area contributed by atoms with Crippen molar-refractivity contribution in [3.8, 4) is 0 Å². The SMILES string of the molecule is CCCO.CCCO.CCN.CN. The highest BCUT2D eigenvalue weighted by Gasteiger charge is 1.57. The monoisotopic (exact) mass is 196 g/mol. The summed E-state index contributed by atoms with van der Waals surface area (Å²) in [5.41, 5.74) is 9.35. The molecule has 0 aliphatic heterocycles. The van der Waals surface area contributed by atoms with Gasteiger partial charge in [-0.3, -0.25) is 0 Å². The maximum Gasteiger partial charge on any atom is 0.0428 e. The van der Waals surface area contributed by atoms with E-state index in [0.717, 1.165) is 19.4 Å². The third-order valence-corrected chi connectivity index (χ3v) is 0.447. The summed E-state index contributed by atoms with van der Waals surface area (Å²) in [5, 5.41) is 15.8. The van der Waals surface area contributed by atoms with Crippen LogP contribution >= 0.6 is 0 Å². The van der Waals surface area contributed by atoms with Gasteiger partial charge in [0.1, 0.15) is 0 Å². The predicted octanol–water partition coefficient (Wildman–Crippen LogP) is 0.317. The number of nitrogens with two attached hydrogens (primary N) is 2. The second-order valence-corrected chi connectivity index (χ2v) is 1.86. The first-order chi connectivity index (χ1) is 6.24. The highest BCUT2D eigenvalue weighted by molar-refractivity contribution is 4.10. The number of hydrogen-bond donors (Lipinski definition) is 4. The first-order valence-electron chi connectivity index (χ1n) is 4.74. The Hall–Kier alpha value is -0.160. The highest BCUT2D eigenvalue weighted by Crippen LogP contribution is 1.61. The topological polar surface area (TPSA) is 92.5 Å². The number of aliphatic hydroxyl groups is 2. The van der Waals surface area contributed by atoms with Crippen LogP contribution in [0.5, 0.6) is 0 Å². The smallest absolute Gasteiger partial charge is 0.0428 e. The van der Waals surface area contributed by atoms with Crippen LogP contribution in [0.25, 0.3) is 0 Å². The van der Waals surface area contributed by atoms with Crippen LogP contribution in [0.2, 0.25) is 0 Å². The van der Waals surface area contributed by atoms with Gasteiger partial charge in [-0.15, -0.1) is 0 Å². The molecule has 0 saturated heterocycles. The van der Waals surface area contributed by atoms with Crippen molar-refractivity contribution in [1.29, 1.82) is 0 Å². The molecule has 4 heteroatoms. The third kappa shape index (κ3) is 339. The highest BCUT2D eigenvalue weighted by atomic mass is 16.3. The zero-order valence-electron chi connectivity index (χ0n) is 9.58. The van der Waals surface area contributed by atoms with E-state index in [1.54, 1.807) is 0 Å². The fraction of sp³-hybridized carbons (Fsp3) is 1.00. The standard InChI is InChI=1S/2C3H8O.C2H7N.CH5N/c2*1-2-3-4;1-2-3;1-2/h2*4H,2-3H2,1H3;2-3H2,1H3;2H2,1H3. The van der Waals surface area contributed by atoms with E-state index in [1.165, 1.54) is 7.05 Å². The quantitative estimate of drug-likeness (QED) is 0.511. The molecule has 0 heterocycles. The summed E-state index contributed by atoms with van der Waals surface area (Å²) in [7, 11) is 1.50. The van der Waals surface area contributed by atoms with Crippen molar-refractivity contribution in [3.05, 3.63) is 0 Å². The molecule has 0 saturated carbocycles. The Balaban J connectivity index is -0.0000000431. The van der Waals surface area contributed by atoms with Crippen LogP contribution in [0.3, 0.4) is 0 Å². The molecule has 0 rings (SSSR count). The molecule has 0 atom stereocenters. The lowest BCUT2D eigenvalue weighted by atomic mass is 10.5. The van der Waals surface area contributed by atoms with E-state index in [0.29, 0.717) is 13.2 Å². The van der Waals surface area contributed by atoms with Gasteiger partial charge in [0.05, 0.1) is 0 Å². The van der Waals surface area contributed by atoms with Gasteiger partial charge in [-0.1, -0.05) is 20.8 Å². The number of rotatable bonds is 2. The van der Waals surface area contributed by atoms with Crippen LogP contribution < -0.4 is 11.5 Å². The zero-order chi connectivity index (χ0) is 11.5. The van der Waals surface area contributed by atoms with Crippen LogP contribution in [0.15, 0.2) is 0 Å². The van der Waals surface area contributed by atoms with E-state index < -0.39 is 0 Å². The van der Waals surface area contributed by atoms with Crippen LogP contribution in [-0.4, -0.2) is 37.0 Å². The van der Waals surface area contributed by atoms with E-state index >= 15 is 0 Å². The molecule has 0 unspecified atom stereocenters. The lowest BCUT2D eigenvalue weighted by Crippen LogP contribution is -1.87. The number of aliphatic hydroxyl groups excluding tert-OH is 2. The van der Waals surface area contributed by atoms with E-state index in [4.69, 9.17) is 15.9 Å².